The zero-order valence-corrected chi connectivity index (χ0v) is 14.9. The lowest BCUT2D eigenvalue weighted by Crippen LogP contribution is -2.07. The molecule has 0 radical (unpaired) electrons. The molecular formula is C18H20N4OS. The maximum atomic E-state index is 9.51. The predicted octanol–water partition coefficient (Wildman–Crippen LogP) is 3.56. The normalized spacial score (nSPS) is 11.1. The number of thioether (sulfide) groups is 1. The number of hydrogen-bond acceptors (Lipinski definition) is 4. The van der Waals surface area contributed by atoms with Crippen molar-refractivity contribution in [2.75, 3.05) is 13.7 Å². The van der Waals surface area contributed by atoms with E-state index >= 15 is 0 Å². The number of aromatic nitrogens is 3. The van der Waals surface area contributed by atoms with E-state index in [2.05, 4.69) is 22.5 Å². The Morgan fingerprint density at radius 1 is 1.33 bits per heavy atom. The summed E-state index contributed by atoms with van der Waals surface area (Å²) in [5.74, 6) is 0.716. The standard InChI is InChI=1S/C18H20N4OS/c1-13-14(2)22(8-9-23-3)18(20-13)24-12-15-11-21-7-5-4-6-17(21)16(15)10-19/h4-7,11H,8-9,12H2,1-3H3. The Hall–Kier alpha value is -2.23. The van der Waals surface area contributed by atoms with Crippen molar-refractivity contribution in [2.45, 2.75) is 31.3 Å². The van der Waals surface area contributed by atoms with E-state index in [1.807, 2.05) is 41.9 Å². The molecule has 124 valence electrons. The molecule has 0 N–H and O–H groups in total. The zero-order valence-electron chi connectivity index (χ0n) is 14.1. The number of nitrogens with zero attached hydrogens (tertiary/aromatic N) is 4. The summed E-state index contributed by atoms with van der Waals surface area (Å²) in [6.45, 7) is 5.55. The molecule has 0 aliphatic carbocycles. The molecule has 6 heteroatoms. The minimum absolute atomic E-state index is 0.657. The molecule has 0 aromatic carbocycles. The van der Waals surface area contributed by atoms with Crippen molar-refractivity contribution in [1.82, 2.24) is 14.0 Å². The lowest BCUT2D eigenvalue weighted by molar-refractivity contribution is 0.184. The van der Waals surface area contributed by atoms with Crippen molar-refractivity contribution >= 4 is 17.3 Å². The Morgan fingerprint density at radius 3 is 2.92 bits per heavy atom. The fraction of sp³-hybridized carbons (Fsp3) is 0.333. The first-order valence-electron chi connectivity index (χ1n) is 7.79. The molecule has 0 unspecified atom stereocenters. The highest BCUT2D eigenvalue weighted by atomic mass is 32.2. The van der Waals surface area contributed by atoms with Gasteiger partial charge < -0.3 is 13.7 Å². The SMILES string of the molecule is COCCn1c(SCc2cn3ccccc3c2C#N)nc(C)c1C. The number of imidazole rings is 1. The average Bonchev–Trinajstić information content (AvgIpc) is 3.08. The van der Waals surface area contributed by atoms with Gasteiger partial charge in [-0.1, -0.05) is 17.8 Å². The van der Waals surface area contributed by atoms with Gasteiger partial charge in [0.15, 0.2) is 5.16 Å². The summed E-state index contributed by atoms with van der Waals surface area (Å²) < 4.78 is 9.39. The van der Waals surface area contributed by atoms with E-state index in [0.29, 0.717) is 12.4 Å². The van der Waals surface area contributed by atoms with E-state index < -0.39 is 0 Å². The van der Waals surface area contributed by atoms with Crippen LogP contribution in [0.2, 0.25) is 0 Å². The highest BCUT2D eigenvalue weighted by molar-refractivity contribution is 7.98. The van der Waals surface area contributed by atoms with Crippen LogP contribution in [0.15, 0.2) is 35.7 Å². The van der Waals surface area contributed by atoms with Gasteiger partial charge in [0.2, 0.25) is 0 Å². The molecule has 0 bridgehead atoms. The first-order valence-corrected chi connectivity index (χ1v) is 8.78. The van der Waals surface area contributed by atoms with Crippen LogP contribution in [0.25, 0.3) is 5.52 Å². The summed E-state index contributed by atoms with van der Waals surface area (Å²) >= 11 is 1.66. The van der Waals surface area contributed by atoms with E-state index in [1.165, 1.54) is 0 Å². The monoisotopic (exact) mass is 340 g/mol. The van der Waals surface area contributed by atoms with Gasteiger partial charge in [-0.15, -0.1) is 0 Å². The van der Waals surface area contributed by atoms with Gasteiger partial charge in [0, 0.05) is 37.5 Å². The topological polar surface area (TPSA) is 55.2 Å². The van der Waals surface area contributed by atoms with Crippen LogP contribution < -0.4 is 0 Å². The van der Waals surface area contributed by atoms with E-state index in [4.69, 9.17) is 4.74 Å². The molecule has 0 saturated carbocycles. The summed E-state index contributed by atoms with van der Waals surface area (Å²) in [5.41, 5.74) is 4.93. The Kier molecular flexibility index (Phi) is 4.93. The second-order valence-corrected chi connectivity index (χ2v) is 6.58. The predicted molar refractivity (Wildman–Crippen MR) is 95.3 cm³/mol. The summed E-state index contributed by atoms with van der Waals surface area (Å²) in [4.78, 5) is 4.67. The molecule has 0 atom stereocenters. The van der Waals surface area contributed by atoms with Crippen LogP contribution in [0.1, 0.15) is 22.5 Å². The molecule has 0 amide bonds. The fourth-order valence-electron chi connectivity index (χ4n) is 2.74. The highest BCUT2D eigenvalue weighted by Gasteiger charge is 2.14. The summed E-state index contributed by atoms with van der Waals surface area (Å²) in [6, 6.07) is 8.23. The number of nitriles is 1. The maximum absolute atomic E-state index is 9.51. The van der Waals surface area contributed by atoms with Crippen molar-refractivity contribution in [3.8, 4) is 6.07 Å². The lowest BCUT2D eigenvalue weighted by Gasteiger charge is -2.08. The van der Waals surface area contributed by atoms with E-state index in [-0.39, 0.29) is 0 Å². The molecule has 0 spiro atoms. The number of aryl methyl sites for hydroxylation is 1. The molecule has 3 heterocycles. The first-order chi connectivity index (χ1) is 11.7. The number of hydrogen-bond donors (Lipinski definition) is 0. The fourth-order valence-corrected chi connectivity index (χ4v) is 3.83. The van der Waals surface area contributed by atoms with Crippen LogP contribution in [0, 0.1) is 25.2 Å². The average molecular weight is 340 g/mol. The third-order valence-corrected chi connectivity index (χ3v) is 5.20. The number of methoxy groups -OCH3 is 1. The molecule has 3 aromatic rings. The van der Waals surface area contributed by atoms with Gasteiger partial charge in [0.05, 0.1) is 23.4 Å². The van der Waals surface area contributed by atoms with E-state index in [0.717, 1.165) is 39.7 Å². The summed E-state index contributed by atoms with van der Waals surface area (Å²) in [6.07, 6.45) is 4.00. The van der Waals surface area contributed by atoms with Crippen molar-refractivity contribution < 1.29 is 4.74 Å². The molecule has 0 saturated heterocycles. The first kappa shape index (κ1) is 16.6. The Bertz CT molecular complexity index is 904. The Morgan fingerprint density at radius 2 is 2.17 bits per heavy atom. The number of ether oxygens (including phenoxy) is 1. The quantitative estimate of drug-likeness (QED) is 0.644. The zero-order chi connectivity index (χ0) is 17.1. The van der Waals surface area contributed by atoms with Gasteiger partial charge >= 0.3 is 0 Å². The van der Waals surface area contributed by atoms with Crippen LogP contribution in [0.4, 0.5) is 0 Å². The van der Waals surface area contributed by atoms with Crippen molar-refractivity contribution in [1.29, 1.82) is 5.26 Å². The van der Waals surface area contributed by atoms with Crippen LogP contribution in [-0.4, -0.2) is 27.7 Å². The summed E-state index contributed by atoms with van der Waals surface area (Å²) in [5, 5.41) is 10.5. The van der Waals surface area contributed by atoms with Gasteiger partial charge in [-0.05, 0) is 31.5 Å². The number of fused-ring (bicyclic) bond motifs is 1. The van der Waals surface area contributed by atoms with Crippen LogP contribution in [0.3, 0.4) is 0 Å². The third kappa shape index (κ3) is 3.05. The van der Waals surface area contributed by atoms with E-state index in [9.17, 15) is 5.26 Å². The molecule has 0 fully saturated rings. The highest BCUT2D eigenvalue weighted by Crippen LogP contribution is 2.28. The van der Waals surface area contributed by atoms with Gasteiger partial charge in [-0.2, -0.15) is 5.26 Å². The van der Waals surface area contributed by atoms with Crippen molar-refractivity contribution in [3.05, 3.63) is 53.1 Å². The Labute approximate surface area is 145 Å². The van der Waals surface area contributed by atoms with Gasteiger partial charge in [-0.25, -0.2) is 4.98 Å². The molecular weight excluding hydrogens is 320 g/mol. The van der Waals surface area contributed by atoms with Crippen LogP contribution in [-0.2, 0) is 17.0 Å². The maximum Gasteiger partial charge on any atom is 0.168 e. The molecule has 0 aliphatic heterocycles. The number of pyridine rings is 1. The molecule has 3 rings (SSSR count). The largest absolute Gasteiger partial charge is 0.383 e. The second kappa shape index (κ2) is 7.12. The molecule has 0 aliphatic rings. The van der Waals surface area contributed by atoms with Crippen LogP contribution in [0.5, 0.6) is 0 Å². The Balaban J connectivity index is 1.86. The molecule has 24 heavy (non-hydrogen) atoms. The minimum atomic E-state index is 0.657. The van der Waals surface area contributed by atoms with Gasteiger partial charge in [0.1, 0.15) is 6.07 Å². The smallest absolute Gasteiger partial charge is 0.168 e. The third-order valence-electron chi connectivity index (χ3n) is 4.17. The summed E-state index contributed by atoms with van der Waals surface area (Å²) in [7, 11) is 1.71. The minimum Gasteiger partial charge on any atom is -0.383 e. The van der Waals surface area contributed by atoms with Crippen molar-refractivity contribution in [3.63, 3.8) is 0 Å². The van der Waals surface area contributed by atoms with Crippen LogP contribution >= 0.6 is 11.8 Å². The lowest BCUT2D eigenvalue weighted by atomic mass is 10.2. The number of rotatable bonds is 6. The molecule has 5 nitrogen and oxygen atoms in total. The van der Waals surface area contributed by atoms with Gasteiger partial charge in [0.25, 0.3) is 0 Å². The van der Waals surface area contributed by atoms with Gasteiger partial charge in [-0.3, -0.25) is 0 Å². The van der Waals surface area contributed by atoms with Crippen molar-refractivity contribution in [2.24, 2.45) is 0 Å². The second-order valence-electron chi connectivity index (χ2n) is 5.63. The molecule has 3 aromatic heterocycles. The van der Waals surface area contributed by atoms with E-state index in [1.54, 1.807) is 18.9 Å².